The van der Waals surface area contributed by atoms with Gasteiger partial charge in [-0.2, -0.15) is 0 Å². The van der Waals surface area contributed by atoms with E-state index in [1.54, 1.807) is 24.0 Å². The highest BCUT2D eigenvalue weighted by Crippen LogP contribution is 2.36. The number of benzene rings is 2. The number of nitrogens with one attached hydrogen (secondary N) is 2. The number of hydrogen-bond acceptors (Lipinski definition) is 5. The maximum absolute atomic E-state index is 12.7. The molecule has 8 heteroatoms. The Morgan fingerprint density at radius 3 is 2.53 bits per heavy atom. The largest absolute Gasteiger partial charge is 0.479 e. The van der Waals surface area contributed by atoms with Crippen molar-refractivity contribution in [2.45, 2.75) is 13.0 Å². The summed E-state index contributed by atoms with van der Waals surface area (Å²) in [6, 6.07) is 14.2. The molecule has 2 aromatic carbocycles. The third kappa shape index (κ3) is 4.72. The van der Waals surface area contributed by atoms with E-state index in [4.69, 9.17) is 9.47 Å². The number of nitrogens with zero attached hydrogens (tertiary/aromatic N) is 2. The summed E-state index contributed by atoms with van der Waals surface area (Å²) < 4.78 is 11.2. The van der Waals surface area contributed by atoms with Crippen LogP contribution in [0.4, 0.5) is 21.9 Å². The molecule has 0 spiro atoms. The Balaban J connectivity index is 1.44. The molecule has 1 saturated heterocycles. The van der Waals surface area contributed by atoms with Crippen molar-refractivity contribution in [2.75, 3.05) is 54.9 Å². The third-order valence-corrected chi connectivity index (χ3v) is 5.20. The number of ether oxygens (including phenoxy) is 2. The molecule has 30 heavy (non-hydrogen) atoms. The van der Waals surface area contributed by atoms with Gasteiger partial charge < -0.3 is 25.0 Å². The molecule has 2 aliphatic heterocycles. The van der Waals surface area contributed by atoms with Crippen LogP contribution in [-0.2, 0) is 9.53 Å². The summed E-state index contributed by atoms with van der Waals surface area (Å²) in [4.78, 5) is 29.0. The lowest BCUT2D eigenvalue weighted by Crippen LogP contribution is -2.48. The molecule has 0 saturated carbocycles. The molecule has 4 rings (SSSR count). The van der Waals surface area contributed by atoms with Crippen molar-refractivity contribution >= 4 is 29.0 Å². The van der Waals surface area contributed by atoms with E-state index in [-0.39, 0.29) is 11.9 Å². The van der Waals surface area contributed by atoms with Gasteiger partial charge in [0.25, 0.3) is 5.91 Å². The maximum atomic E-state index is 12.7. The zero-order valence-electron chi connectivity index (χ0n) is 17.0. The molecule has 2 heterocycles. The maximum Gasteiger partial charge on any atom is 0.323 e. The summed E-state index contributed by atoms with van der Waals surface area (Å²) >= 11 is 0. The van der Waals surface area contributed by atoms with E-state index in [0.29, 0.717) is 23.7 Å². The Bertz CT molecular complexity index is 899. The lowest BCUT2D eigenvalue weighted by molar-refractivity contribution is -0.125. The Hall–Kier alpha value is -3.10. The molecule has 1 fully saturated rings. The number of amides is 3. The summed E-state index contributed by atoms with van der Waals surface area (Å²) in [5, 5.41) is 5.59. The average molecular weight is 410 g/mol. The first-order valence-corrected chi connectivity index (χ1v) is 10.2. The number of hydrogen-bond donors (Lipinski definition) is 2. The summed E-state index contributed by atoms with van der Waals surface area (Å²) in [5.74, 6) is 0.528. The van der Waals surface area contributed by atoms with Crippen LogP contribution >= 0.6 is 0 Å². The predicted octanol–water partition coefficient (Wildman–Crippen LogP) is 2.78. The van der Waals surface area contributed by atoms with Crippen LogP contribution in [0.25, 0.3) is 0 Å². The molecule has 1 unspecified atom stereocenters. The van der Waals surface area contributed by atoms with Gasteiger partial charge in [0.1, 0.15) is 5.75 Å². The summed E-state index contributed by atoms with van der Waals surface area (Å²) in [6.07, 6.45) is -0.574. The normalized spacial score (nSPS) is 19.0. The van der Waals surface area contributed by atoms with Crippen molar-refractivity contribution in [3.05, 3.63) is 48.5 Å². The van der Waals surface area contributed by atoms with E-state index in [1.807, 2.05) is 36.4 Å². The van der Waals surface area contributed by atoms with Gasteiger partial charge in [0, 0.05) is 43.6 Å². The van der Waals surface area contributed by atoms with E-state index >= 15 is 0 Å². The van der Waals surface area contributed by atoms with E-state index in [1.165, 1.54) is 0 Å². The van der Waals surface area contributed by atoms with Crippen LogP contribution in [0.5, 0.6) is 5.75 Å². The number of rotatable bonds is 5. The number of morpholine rings is 1. The first kappa shape index (κ1) is 20.2. The Morgan fingerprint density at radius 2 is 1.77 bits per heavy atom. The van der Waals surface area contributed by atoms with Crippen LogP contribution < -0.4 is 20.3 Å². The van der Waals surface area contributed by atoms with E-state index in [2.05, 4.69) is 15.5 Å². The molecular weight excluding hydrogens is 384 g/mol. The summed E-state index contributed by atoms with van der Waals surface area (Å²) in [5.41, 5.74) is 2.02. The quantitative estimate of drug-likeness (QED) is 0.792. The van der Waals surface area contributed by atoms with Gasteiger partial charge in [0.2, 0.25) is 0 Å². The minimum Gasteiger partial charge on any atom is -0.479 e. The molecule has 2 N–H and O–H groups in total. The van der Waals surface area contributed by atoms with Crippen molar-refractivity contribution in [3.63, 3.8) is 0 Å². The molecule has 158 valence electrons. The van der Waals surface area contributed by atoms with Crippen LogP contribution in [0.1, 0.15) is 6.92 Å². The zero-order chi connectivity index (χ0) is 20.9. The van der Waals surface area contributed by atoms with E-state index in [0.717, 1.165) is 38.5 Å². The van der Waals surface area contributed by atoms with Crippen molar-refractivity contribution in [1.82, 2.24) is 4.90 Å². The monoisotopic (exact) mass is 410 g/mol. The molecule has 2 aliphatic rings. The number of carbonyl (C=O) groups excluding carboxylic acids is 2. The van der Waals surface area contributed by atoms with Crippen LogP contribution in [0.15, 0.2) is 48.5 Å². The van der Waals surface area contributed by atoms with Gasteiger partial charge in [-0.3, -0.25) is 9.69 Å². The fraction of sp³-hybridized carbons (Fsp3) is 0.364. The Morgan fingerprint density at radius 1 is 1.03 bits per heavy atom. The molecular formula is C22H26N4O4. The number of urea groups is 1. The van der Waals surface area contributed by atoms with Crippen LogP contribution in [0.2, 0.25) is 0 Å². The van der Waals surface area contributed by atoms with Crippen molar-refractivity contribution in [2.24, 2.45) is 0 Å². The fourth-order valence-corrected chi connectivity index (χ4v) is 3.60. The predicted molar refractivity (Wildman–Crippen MR) is 115 cm³/mol. The van der Waals surface area contributed by atoms with Crippen molar-refractivity contribution < 1.29 is 19.1 Å². The first-order chi connectivity index (χ1) is 14.6. The van der Waals surface area contributed by atoms with E-state index in [9.17, 15) is 9.59 Å². The van der Waals surface area contributed by atoms with Gasteiger partial charge in [0.05, 0.1) is 18.9 Å². The molecule has 3 amide bonds. The molecule has 0 bridgehead atoms. The molecule has 1 atom stereocenters. The van der Waals surface area contributed by atoms with Crippen molar-refractivity contribution in [1.29, 1.82) is 0 Å². The number of carbonyl (C=O) groups is 2. The Labute approximate surface area is 175 Å². The van der Waals surface area contributed by atoms with Crippen LogP contribution in [0, 0.1) is 0 Å². The van der Waals surface area contributed by atoms with Gasteiger partial charge >= 0.3 is 6.03 Å². The zero-order valence-corrected chi connectivity index (χ0v) is 17.0. The van der Waals surface area contributed by atoms with Gasteiger partial charge in [0.15, 0.2) is 6.10 Å². The second kappa shape index (κ2) is 9.15. The average Bonchev–Trinajstić information content (AvgIpc) is 2.75. The molecule has 0 aromatic heterocycles. The summed E-state index contributed by atoms with van der Waals surface area (Å²) in [6.45, 7) is 6.31. The molecule has 0 radical (unpaired) electrons. The second-order valence-corrected chi connectivity index (χ2v) is 7.33. The standard InChI is InChI=1S/C22H26N4O4/c1-16-21(27)26(10-9-25-11-13-29-14-12-25)19-8-7-18(15-20(19)30-16)24-22(28)23-17-5-3-2-4-6-17/h2-8,15-16H,9-14H2,1H3,(H2,23,24,28). The number of fused-ring (bicyclic) bond motifs is 1. The third-order valence-electron chi connectivity index (χ3n) is 5.20. The lowest BCUT2D eigenvalue weighted by atomic mass is 10.1. The van der Waals surface area contributed by atoms with Gasteiger partial charge in [-0.05, 0) is 31.2 Å². The highest BCUT2D eigenvalue weighted by atomic mass is 16.5. The smallest absolute Gasteiger partial charge is 0.323 e. The number of para-hydroxylation sites is 1. The van der Waals surface area contributed by atoms with Gasteiger partial charge in [-0.1, -0.05) is 18.2 Å². The minimum atomic E-state index is -0.574. The molecule has 2 aromatic rings. The van der Waals surface area contributed by atoms with Gasteiger partial charge in [-0.25, -0.2) is 4.79 Å². The lowest BCUT2D eigenvalue weighted by Gasteiger charge is -2.35. The fourth-order valence-electron chi connectivity index (χ4n) is 3.60. The number of anilines is 3. The highest BCUT2D eigenvalue weighted by Gasteiger charge is 2.32. The van der Waals surface area contributed by atoms with Crippen molar-refractivity contribution in [3.8, 4) is 5.75 Å². The Kier molecular flexibility index (Phi) is 6.15. The molecule has 8 nitrogen and oxygen atoms in total. The van der Waals surface area contributed by atoms with Crippen LogP contribution in [0.3, 0.4) is 0 Å². The summed E-state index contributed by atoms with van der Waals surface area (Å²) in [7, 11) is 0. The topological polar surface area (TPSA) is 83.1 Å². The SMILES string of the molecule is CC1Oc2cc(NC(=O)Nc3ccccc3)ccc2N(CCN2CCOCC2)C1=O. The van der Waals surface area contributed by atoms with Gasteiger partial charge in [-0.15, -0.1) is 0 Å². The van der Waals surface area contributed by atoms with E-state index < -0.39 is 6.10 Å². The molecule has 0 aliphatic carbocycles. The first-order valence-electron chi connectivity index (χ1n) is 10.2. The second-order valence-electron chi connectivity index (χ2n) is 7.33. The van der Waals surface area contributed by atoms with Crippen LogP contribution in [-0.4, -0.2) is 62.3 Å². The minimum absolute atomic E-state index is 0.0571. The highest BCUT2D eigenvalue weighted by molar-refractivity contribution is 6.02.